The minimum atomic E-state index is -0.355. The Bertz CT molecular complexity index is 729. The fourth-order valence-electron chi connectivity index (χ4n) is 3.26. The highest BCUT2D eigenvalue weighted by atomic mass is 19.1. The van der Waals surface area contributed by atoms with E-state index in [4.69, 9.17) is 4.74 Å². The maximum absolute atomic E-state index is 14.0. The molecule has 1 aliphatic rings. The van der Waals surface area contributed by atoms with Gasteiger partial charge >= 0.3 is 0 Å². The number of amides is 1. The number of hydrogen-bond acceptors (Lipinski definition) is 3. The molecule has 2 aromatic rings. The summed E-state index contributed by atoms with van der Waals surface area (Å²) in [5.74, 6) is 0.331. The summed E-state index contributed by atoms with van der Waals surface area (Å²) >= 11 is 0. The van der Waals surface area contributed by atoms with Crippen molar-refractivity contribution in [2.45, 2.75) is 39.2 Å². The second-order valence-corrected chi connectivity index (χ2v) is 6.93. The lowest BCUT2D eigenvalue weighted by molar-refractivity contribution is -0.118. The number of benzene rings is 1. The average molecular weight is 345 g/mol. The van der Waals surface area contributed by atoms with Crippen LogP contribution in [-0.4, -0.2) is 28.8 Å². The van der Waals surface area contributed by atoms with Crippen molar-refractivity contribution in [1.29, 1.82) is 0 Å². The maximum atomic E-state index is 14.0. The van der Waals surface area contributed by atoms with Gasteiger partial charge in [-0.1, -0.05) is 26.0 Å². The third-order valence-electron chi connectivity index (χ3n) is 4.70. The van der Waals surface area contributed by atoms with E-state index in [2.05, 4.69) is 29.4 Å². The van der Waals surface area contributed by atoms with Gasteiger partial charge in [0.15, 0.2) is 0 Å². The van der Waals surface area contributed by atoms with E-state index in [0.717, 1.165) is 12.8 Å². The molecule has 2 heterocycles. The van der Waals surface area contributed by atoms with Crippen molar-refractivity contribution in [3.8, 4) is 11.3 Å². The fraction of sp³-hybridized carbons (Fsp3) is 0.474. The number of rotatable bonds is 5. The molecule has 1 aromatic carbocycles. The molecule has 1 aromatic heterocycles. The highest BCUT2D eigenvalue weighted by Gasteiger charge is 2.26. The Morgan fingerprint density at radius 3 is 3.00 bits per heavy atom. The summed E-state index contributed by atoms with van der Waals surface area (Å²) < 4.78 is 19.7. The van der Waals surface area contributed by atoms with Gasteiger partial charge in [-0.25, -0.2) is 4.39 Å². The molecular formula is C19H24FN3O2. The van der Waals surface area contributed by atoms with Crippen molar-refractivity contribution in [1.82, 2.24) is 10.2 Å². The molecule has 25 heavy (non-hydrogen) atoms. The molecule has 5 nitrogen and oxygen atoms in total. The maximum Gasteiger partial charge on any atom is 0.224 e. The number of aromatic amines is 1. The number of anilines is 1. The van der Waals surface area contributed by atoms with Crippen LogP contribution in [0.1, 0.15) is 33.1 Å². The average Bonchev–Trinajstić information content (AvgIpc) is 3.03. The first-order chi connectivity index (χ1) is 12.0. The van der Waals surface area contributed by atoms with E-state index in [-0.39, 0.29) is 17.8 Å². The van der Waals surface area contributed by atoms with E-state index in [9.17, 15) is 9.18 Å². The Balaban J connectivity index is 1.65. The minimum absolute atomic E-state index is 0.0756. The quantitative estimate of drug-likeness (QED) is 0.861. The second kappa shape index (κ2) is 7.78. The molecule has 2 N–H and O–H groups in total. The molecule has 1 fully saturated rings. The molecule has 0 saturated carbocycles. The summed E-state index contributed by atoms with van der Waals surface area (Å²) in [6.07, 6.45) is 3.96. The largest absolute Gasteiger partial charge is 0.378 e. The topological polar surface area (TPSA) is 67.0 Å². The van der Waals surface area contributed by atoms with Gasteiger partial charge in [0.05, 0.1) is 23.7 Å². The second-order valence-electron chi connectivity index (χ2n) is 6.93. The van der Waals surface area contributed by atoms with Crippen LogP contribution in [0, 0.1) is 17.7 Å². The third kappa shape index (κ3) is 4.25. The Hall–Kier alpha value is -2.21. The van der Waals surface area contributed by atoms with Gasteiger partial charge < -0.3 is 10.1 Å². The summed E-state index contributed by atoms with van der Waals surface area (Å²) in [4.78, 5) is 12.4. The van der Waals surface area contributed by atoms with Gasteiger partial charge in [0.25, 0.3) is 0 Å². The number of hydrogen-bond donors (Lipinski definition) is 2. The zero-order valence-corrected chi connectivity index (χ0v) is 14.6. The molecule has 1 amide bonds. The van der Waals surface area contributed by atoms with Crippen molar-refractivity contribution in [2.75, 3.05) is 11.9 Å². The summed E-state index contributed by atoms with van der Waals surface area (Å²) in [7, 11) is 0. The molecule has 3 rings (SSSR count). The number of carbonyl (C=O) groups excluding carboxylic acids is 1. The Kier molecular flexibility index (Phi) is 5.48. The molecule has 0 radical (unpaired) electrons. The number of nitrogens with zero attached hydrogens (tertiary/aromatic N) is 1. The van der Waals surface area contributed by atoms with Crippen LogP contribution in [-0.2, 0) is 9.53 Å². The summed E-state index contributed by atoms with van der Waals surface area (Å²) in [5, 5.41) is 9.58. The summed E-state index contributed by atoms with van der Waals surface area (Å²) in [5.41, 5.74) is 1.38. The lowest BCUT2D eigenvalue weighted by Gasteiger charge is -2.31. The summed E-state index contributed by atoms with van der Waals surface area (Å²) in [6.45, 7) is 4.98. The van der Waals surface area contributed by atoms with E-state index >= 15 is 0 Å². The number of aromatic nitrogens is 2. The van der Waals surface area contributed by atoms with Crippen LogP contribution in [0.5, 0.6) is 0 Å². The van der Waals surface area contributed by atoms with Crippen molar-refractivity contribution < 1.29 is 13.9 Å². The molecular weight excluding hydrogens is 321 g/mol. The van der Waals surface area contributed by atoms with Crippen molar-refractivity contribution in [3.05, 3.63) is 36.3 Å². The fourth-order valence-corrected chi connectivity index (χ4v) is 3.26. The van der Waals surface area contributed by atoms with E-state index in [1.807, 2.05) is 0 Å². The first-order valence-corrected chi connectivity index (χ1v) is 8.74. The predicted octanol–water partition coefficient (Wildman–Crippen LogP) is 4.00. The lowest BCUT2D eigenvalue weighted by atomic mass is 9.88. The van der Waals surface area contributed by atoms with Gasteiger partial charge in [-0.3, -0.25) is 9.89 Å². The van der Waals surface area contributed by atoms with Gasteiger partial charge in [-0.05, 0) is 36.8 Å². The third-order valence-corrected chi connectivity index (χ3v) is 4.70. The zero-order valence-electron chi connectivity index (χ0n) is 14.6. The molecule has 134 valence electrons. The van der Waals surface area contributed by atoms with E-state index in [1.54, 1.807) is 18.2 Å². The van der Waals surface area contributed by atoms with Crippen LogP contribution in [0.15, 0.2) is 30.5 Å². The number of carbonyl (C=O) groups is 1. The SMILES string of the molecule is CC(C)[C@H]1C[C@H](CC(=O)Nc2cn[nH]c2-c2ccccc2F)CCO1. The molecule has 2 atom stereocenters. The molecule has 0 spiro atoms. The van der Waals surface area contributed by atoms with Crippen molar-refractivity contribution in [3.63, 3.8) is 0 Å². The van der Waals surface area contributed by atoms with Gasteiger partial charge in [0.1, 0.15) is 5.82 Å². The minimum Gasteiger partial charge on any atom is -0.378 e. The molecule has 1 aliphatic heterocycles. The number of ether oxygens (including phenoxy) is 1. The summed E-state index contributed by atoms with van der Waals surface area (Å²) in [6, 6.07) is 6.42. The Morgan fingerprint density at radius 1 is 1.44 bits per heavy atom. The highest BCUT2D eigenvalue weighted by Crippen LogP contribution is 2.30. The van der Waals surface area contributed by atoms with Crippen LogP contribution in [0.4, 0.5) is 10.1 Å². The van der Waals surface area contributed by atoms with Crippen LogP contribution in [0.2, 0.25) is 0 Å². The van der Waals surface area contributed by atoms with Gasteiger partial charge in [-0.15, -0.1) is 0 Å². The van der Waals surface area contributed by atoms with Crippen molar-refractivity contribution >= 4 is 11.6 Å². The molecule has 0 bridgehead atoms. The first-order valence-electron chi connectivity index (χ1n) is 8.74. The number of halogens is 1. The zero-order chi connectivity index (χ0) is 17.8. The van der Waals surface area contributed by atoms with Gasteiger partial charge in [-0.2, -0.15) is 5.10 Å². The molecule has 1 saturated heterocycles. The number of H-pyrrole nitrogens is 1. The normalized spacial score (nSPS) is 20.6. The van der Waals surface area contributed by atoms with Crippen LogP contribution in [0.3, 0.4) is 0 Å². The Labute approximate surface area is 147 Å². The molecule has 6 heteroatoms. The van der Waals surface area contributed by atoms with Gasteiger partial charge in [0.2, 0.25) is 5.91 Å². The van der Waals surface area contributed by atoms with Crippen LogP contribution in [0.25, 0.3) is 11.3 Å². The van der Waals surface area contributed by atoms with E-state index in [0.29, 0.717) is 41.8 Å². The Morgan fingerprint density at radius 2 is 2.24 bits per heavy atom. The monoisotopic (exact) mass is 345 g/mol. The smallest absolute Gasteiger partial charge is 0.224 e. The lowest BCUT2D eigenvalue weighted by Crippen LogP contribution is -2.31. The van der Waals surface area contributed by atoms with E-state index < -0.39 is 0 Å². The molecule has 0 unspecified atom stereocenters. The first kappa shape index (κ1) is 17.6. The molecule has 0 aliphatic carbocycles. The van der Waals surface area contributed by atoms with Gasteiger partial charge in [0, 0.05) is 18.6 Å². The highest BCUT2D eigenvalue weighted by molar-refractivity contribution is 5.94. The standard InChI is InChI=1S/C19H24FN3O2/c1-12(2)17-9-13(7-8-25-17)10-18(24)22-16-11-21-23-19(16)14-5-3-4-6-15(14)20/h3-6,11-13,17H,7-10H2,1-2H3,(H,21,23)(H,22,24)/t13-,17-/m1/s1. The van der Waals surface area contributed by atoms with Crippen molar-refractivity contribution in [2.24, 2.45) is 11.8 Å². The van der Waals surface area contributed by atoms with Crippen LogP contribution < -0.4 is 5.32 Å². The number of nitrogens with one attached hydrogen (secondary N) is 2. The van der Waals surface area contributed by atoms with E-state index in [1.165, 1.54) is 12.3 Å². The van der Waals surface area contributed by atoms with Crippen LogP contribution >= 0.6 is 0 Å². The predicted molar refractivity (Wildman–Crippen MR) is 94.5 cm³/mol.